The Balaban J connectivity index is 1.79. The number of methoxy groups -OCH3 is 1. The SMILES string of the molecule is COc1ccccc1Cc1nsc(NCCCCCCN)n1. The molecule has 0 spiro atoms. The van der Waals surface area contributed by atoms with Crippen molar-refractivity contribution in [3.63, 3.8) is 0 Å². The highest BCUT2D eigenvalue weighted by Crippen LogP contribution is 2.21. The quantitative estimate of drug-likeness (QED) is 0.658. The lowest BCUT2D eigenvalue weighted by molar-refractivity contribution is 0.410. The van der Waals surface area contributed by atoms with E-state index in [0.29, 0.717) is 6.42 Å². The van der Waals surface area contributed by atoms with E-state index in [1.165, 1.54) is 24.4 Å². The van der Waals surface area contributed by atoms with Crippen molar-refractivity contribution in [2.24, 2.45) is 5.73 Å². The zero-order valence-electron chi connectivity index (χ0n) is 13.0. The highest BCUT2D eigenvalue weighted by molar-refractivity contribution is 7.09. The standard InChI is InChI=1S/C16H24N4OS/c1-21-14-9-5-4-8-13(14)12-15-19-16(22-20-15)18-11-7-3-2-6-10-17/h4-5,8-9H,2-3,6-7,10-12,17H2,1H3,(H,18,19,20). The van der Waals surface area contributed by atoms with Gasteiger partial charge in [-0.05, 0) is 25.5 Å². The zero-order chi connectivity index (χ0) is 15.6. The van der Waals surface area contributed by atoms with Crippen molar-refractivity contribution in [2.45, 2.75) is 32.1 Å². The second-order valence-electron chi connectivity index (χ2n) is 5.13. The maximum absolute atomic E-state index is 5.48. The number of unbranched alkanes of at least 4 members (excludes halogenated alkanes) is 3. The highest BCUT2D eigenvalue weighted by atomic mass is 32.1. The van der Waals surface area contributed by atoms with Crippen LogP contribution in [0.25, 0.3) is 0 Å². The van der Waals surface area contributed by atoms with E-state index >= 15 is 0 Å². The van der Waals surface area contributed by atoms with Crippen molar-refractivity contribution in [3.8, 4) is 5.75 Å². The first-order valence-electron chi connectivity index (χ1n) is 7.72. The number of aromatic nitrogens is 2. The van der Waals surface area contributed by atoms with Gasteiger partial charge in [-0.3, -0.25) is 0 Å². The van der Waals surface area contributed by atoms with Gasteiger partial charge in [-0.2, -0.15) is 4.37 Å². The Bertz CT molecular complexity index is 559. The fourth-order valence-corrected chi connectivity index (χ4v) is 2.85. The first-order valence-corrected chi connectivity index (χ1v) is 8.49. The summed E-state index contributed by atoms with van der Waals surface area (Å²) in [6.45, 7) is 1.73. The molecule has 0 saturated carbocycles. The van der Waals surface area contributed by atoms with E-state index in [-0.39, 0.29) is 0 Å². The van der Waals surface area contributed by atoms with Crippen LogP contribution in [-0.2, 0) is 6.42 Å². The van der Waals surface area contributed by atoms with Gasteiger partial charge in [-0.1, -0.05) is 31.0 Å². The number of benzene rings is 1. The average molecular weight is 320 g/mol. The minimum Gasteiger partial charge on any atom is -0.496 e. The largest absolute Gasteiger partial charge is 0.496 e. The topological polar surface area (TPSA) is 73.1 Å². The van der Waals surface area contributed by atoms with Gasteiger partial charge in [0, 0.05) is 30.1 Å². The van der Waals surface area contributed by atoms with E-state index in [0.717, 1.165) is 48.2 Å². The lowest BCUT2D eigenvalue weighted by atomic mass is 10.1. The molecule has 3 N–H and O–H groups in total. The van der Waals surface area contributed by atoms with Gasteiger partial charge in [0.1, 0.15) is 11.6 Å². The Morgan fingerprint density at radius 2 is 2.00 bits per heavy atom. The van der Waals surface area contributed by atoms with Gasteiger partial charge in [0.2, 0.25) is 5.13 Å². The minimum absolute atomic E-state index is 0.693. The van der Waals surface area contributed by atoms with Crippen molar-refractivity contribution >= 4 is 16.7 Å². The molecule has 2 rings (SSSR count). The summed E-state index contributed by atoms with van der Waals surface area (Å²) in [4.78, 5) is 4.54. The van der Waals surface area contributed by atoms with Crippen LogP contribution < -0.4 is 15.8 Å². The molecule has 1 aromatic heterocycles. The molecule has 0 bridgehead atoms. The molecule has 5 nitrogen and oxygen atoms in total. The molecule has 1 aromatic carbocycles. The van der Waals surface area contributed by atoms with E-state index in [2.05, 4.69) is 14.7 Å². The molecule has 2 aromatic rings. The van der Waals surface area contributed by atoms with E-state index in [1.54, 1.807) is 7.11 Å². The van der Waals surface area contributed by atoms with Crippen molar-refractivity contribution < 1.29 is 4.74 Å². The summed E-state index contributed by atoms with van der Waals surface area (Å²) in [6, 6.07) is 7.98. The second kappa shape index (κ2) is 9.38. The van der Waals surface area contributed by atoms with Crippen LogP contribution in [0.2, 0.25) is 0 Å². The van der Waals surface area contributed by atoms with Gasteiger partial charge >= 0.3 is 0 Å². The molecule has 0 radical (unpaired) electrons. The van der Waals surface area contributed by atoms with Crippen LogP contribution in [0.15, 0.2) is 24.3 Å². The van der Waals surface area contributed by atoms with Crippen LogP contribution in [0, 0.1) is 0 Å². The number of nitrogens with zero attached hydrogens (tertiary/aromatic N) is 2. The van der Waals surface area contributed by atoms with Gasteiger partial charge in [-0.15, -0.1) is 0 Å². The molecular formula is C16H24N4OS. The van der Waals surface area contributed by atoms with Crippen LogP contribution in [0.3, 0.4) is 0 Å². The molecule has 22 heavy (non-hydrogen) atoms. The summed E-state index contributed by atoms with van der Waals surface area (Å²) in [5.74, 6) is 1.71. The molecule has 1 heterocycles. The number of hydrogen-bond donors (Lipinski definition) is 2. The van der Waals surface area contributed by atoms with Crippen LogP contribution in [-0.4, -0.2) is 29.6 Å². The number of hydrogen-bond acceptors (Lipinski definition) is 6. The molecule has 0 saturated heterocycles. The lowest BCUT2D eigenvalue weighted by Gasteiger charge is -2.05. The van der Waals surface area contributed by atoms with Gasteiger partial charge in [0.25, 0.3) is 0 Å². The Kier molecular flexibility index (Phi) is 7.12. The van der Waals surface area contributed by atoms with E-state index in [4.69, 9.17) is 10.5 Å². The maximum Gasteiger partial charge on any atom is 0.202 e. The molecule has 0 unspecified atom stereocenters. The van der Waals surface area contributed by atoms with Crippen molar-refractivity contribution in [3.05, 3.63) is 35.7 Å². The summed E-state index contributed by atoms with van der Waals surface area (Å²) >= 11 is 1.42. The summed E-state index contributed by atoms with van der Waals surface area (Å²) < 4.78 is 9.77. The molecule has 120 valence electrons. The number of rotatable bonds is 10. The van der Waals surface area contributed by atoms with Crippen LogP contribution in [0.1, 0.15) is 37.1 Å². The van der Waals surface area contributed by atoms with Gasteiger partial charge < -0.3 is 15.8 Å². The highest BCUT2D eigenvalue weighted by Gasteiger charge is 2.08. The monoisotopic (exact) mass is 320 g/mol. The molecule has 0 aliphatic carbocycles. The molecule has 0 fully saturated rings. The maximum atomic E-state index is 5.48. The Hall–Kier alpha value is -1.66. The first kappa shape index (κ1) is 16.7. The first-order chi connectivity index (χ1) is 10.8. The van der Waals surface area contributed by atoms with Crippen molar-refractivity contribution in [2.75, 3.05) is 25.5 Å². The van der Waals surface area contributed by atoms with Crippen molar-refractivity contribution in [1.29, 1.82) is 0 Å². The molecule has 0 amide bonds. The normalized spacial score (nSPS) is 10.6. The Morgan fingerprint density at radius 3 is 2.82 bits per heavy atom. The number of para-hydroxylation sites is 1. The van der Waals surface area contributed by atoms with E-state index in [9.17, 15) is 0 Å². The van der Waals surface area contributed by atoms with Crippen LogP contribution in [0.4, 0.5) is 5.13 Å². The summed E-state index contributed by atoms with van der Waals surface area (Å²) in [5, 5.41) is 4.23. The molecule has 0 aliphatic rings. The predicted molar refractivity (Wildman–Crippen MR) is 91.7 cm³/mol. The Labute approximate surface area is 136 Å². The number of anilines is 1. The molecular weight excluding hydrogens is 296 g/mol. The second-order valence-corrected chi connectivity index (χ2v) is 5.89. The van der Waals surface area contributed by atoms with Gasteiger partial charge in [-0.25, -0.2) is 4.98 Å². The molecule has 0 aliphatic heterocycles. The molecule has 0 atom stereocenters. The lowest BCUT2D eigenvalue weighted by Crippen LogP contribution is -2.02. The van der Waals surface area contributed by atoms with Gasteiger partial charge in [0.15, 0.2) is 0 Å². The summed E-state index contributed by atoms with van der Waals surface area (Å²) in [7, 11) is 1.69. The number of ether oxygens (including phenoxy) is 1. The smallest absolute Gasteiger partial charge is 0.202 e. The fraction of sp³-hybridized carbons (Fsp3) is 0.500. The van der Waals surface area contributed by atoms with Crippen molar-refractivity contribution in [1.82, 2.24) is 9.36 Å². The zero-order valence-corrected chi connectivity index (χ0v) is 13.9. The third-order valence-corrected chi connectivity index (χ3v) is 4.13. The Morgan fingerprint density at radius 1 is 1.18 bits per heavy atom. The molecule has 6 heteroatoms. The summed E-state index contributed by atoms with van der Waals surface area (Å²) in [6.07, 6.45) is 5.35. The third kappa shape index (κ3) is 5.27. The number of nitrogens with two attached hydrogens (primary N) is 1. The number of nitrogens with one attached hydrogen (secondary N) is 1. The van der Waals surface area contributed by atoms with Crippen LogP contribution in [0.5, 0.6) is 5.75 Å². The van der Waals surface area contributed by atoms with E-state index in [1.807, 2.05) is 24.3 Å². The fourth-order valence-electron chi connectivity index (χ4n) is 2.24. The van der Waals surface area contributed by atoms with Gasteiger partial charge in [0.05, 0.1) is 7.11 Å². The predicted octanol–water partition coefficient (Wildman–Crippen LogP) is 3.07. The third-order valence-electron chi connectivity index (χ3n) is 3.42. The minimum atomic E-state index is 0.693. The van der Waals surface area contributed by atoms with Crippen LogP contribution >= 0.6 is 11.5 Å². The van der Waals surface area contributed by atoms with E-state index < -0.39 is 0 Å². The average Bonchev–Trinajstić information content (AvgIpc) is 2.99. The summed E-state index contributed by atoms with van der Waals surface area (Å²) in [5.41, 5.74) is 6.59.